The zero-order chi connectivity index (χ0) is 25.9. The number of carbonyl (C=O) groups is 1. The standard InChI is InChI=1S/C26H24BrN3O5S/c1-3-34-24-15-19(14-23(27)25(24)35-16-18-7-5-4-6-8-18)13-22-17(2)29-30(26(22)31)20-9-11-21(12-10-20)36(28,32)33/h4-15H,3,16H2,1-2H3,(H2,28,32,33)/b22-13-. The van der Waals surface area contributed by atoms with Gasteiger partial charge in [-0.15, -0.1) is 0 Å². The van der Waals surface area contributed by atoms with Crippen LogP contribution in [0, 0.1) is 0 Å². The molecular formula is C26H24BrN3O5S. The maximum Gasteiger partial charge on any atom is 0.280 e. The highest BCUT2D eigenvalue weighted by Gasteiger charge is 2.29. The molecule has 1 heterocycles. The normalized spacial score (nSPS) is 14.8. The summed E-state index contributed by atoms with van der Waals surface area (Å²) in [6, 6.07) is 19.1. The van der Waals surface area contributed by atoms with Gasteiger partial charge in [0.25, 0.3) is 5.91 Å². The number of anilines is 1. The first kappa shape index (κ1) is 25.6. The topological polar surface area (TPSA) is 111 Å². The summed E-state index contributed by atoms with van der Waals surface area (Å²) in [6.45, 7) is 4.44. The van der Waals surface area contributed by atoms with Crippen LogP contribution in [0.1, 0.15) is 25.0 Å². The molecule has 2 N–H and O–H groups in total. The van der Waals surface area contributed by atoms with Crippen LogP contribution >= 0.6 is 15.9 Å². The molecule has 10 heteroatoms. The van der Waals surface area contributed by atoms with Gasteiger partial charge in [0.1, 0.15) is 6.61 Å². The number of sulfonamides is 1. The van der Waals surface area contributed by atoms with E-state index in [0.29, 0.717) is 46.2 Å². The number of amides is 1. The number of rotatable bonds is 8. The van der Waals surface area contributed by atoms with Crippen LogP contribution in [0.25, 0.3) is 6.08 Å². The van der Waals surface area contributed by atoms with Gasteiger partial charge in [0.05, 0.1) is 32.9 Å². The Labute approximate surface area is 218 Å². The van der Waals surface area contributed by atoms with Crippen LogP contribution in [0.5, 0.6) is 11.5 Å². The minimum atomic E-state index is -3.83. The molecule has 0 saturated carbocycles. The lowest BCUT2D eigenvalue weighted by Crippen LogP contribution is -2.21. The summed E-state index contributed by atoms with van der Waals surface area (Å²) in [4.78, 5) is 13.1. The lowest BCUT2D eigenvalue weighted by atomic mass is 10.1. The highest BCUT2D eigenvalue weighted by Crippen LogP contribution is 2.38. The van der Waals surface area contributed by atoms with E-state index in [9.17, 15) is 13.2 Å². The maximum atomic E-state index is 13.2. The average Bonchev–Trinajstić information content (AvgIpc) is 3.12. The third-order valence-electron chi connectivity index (χ3n) is 5.34. The first-order valence-electron chi connectivity index (χ1n) is 11.0. The van der Waals surface area contributed by atoms with Gasteiger partial charge < -0.3 is 9.47 Å². The first-order chi connectivity index (χ1) is 17.2. The fraction of sp³-hybridized carbons (Fsp3) is 0.154. The van der Waals surface area contributed by atoms with Crippen LogP contribution in [0.2, 0.25) is 0 Å². The van der Waals surface area contributed by atoms with E-state index >= 15 is 0 Å². The first-order valence-corrected chi connectivity index (χ1v) is 13.4. The summed E-state index contributed by atoms with van der Waals surface area (Å²) in [5.41, 5.74) is 3.10. The SMILES string of the molecule is CCOc1cc(/C=C2\C(=O)N(c3ccc(S(N)(=O)=O)cc3)N=C2C)cc(Br)c1OCc1ccccc1. The fourth-order valence-corrected chi connectivity index (χ4v) is 4.70. The second kappa shape index (κ2) is 10.7. The molecular weight excluding hydrogens is 546 g/mol. The Morgan fingerprint density at radius 2 is 1.75 bits per heavy atom. The van der Waals surface area contributed by atoms with Crippen molar-refractivity contribution in [2.45, 2.75) is 25.3 Å². The second-order valence-corrected chi connectivity index (χ2v) is 10.4. The van der Waals surface area contributed by atoms with Gasteiger partial charge in [0.15, 0.2) is 11.5 Å². The van der Waals surface area contributed by atoms with Crippen LogP contribution in [0.3, 0.4) is 0 Å². The van der Waals surface area contributed by atoms with Gasteiger partial charge in [-0.05, 0) is 83.4 Å². The van der Waals surface area contributed by atoms with Gasteiger partial charge in [0.2, 0.25) is 10.0 Å². The minimum Gasteiger partial charge on any atom is -0.490 e. The molecule has 1 aliphatic rings. The average molecular weight is 570 g/mol. The quantitative estimate of drug-likeness (QED) is 0.388. The van der Waals surface area contributed by atoms with Crippen LogP contribution in [0.15, 0.2) is 86.8 Å². The number of hydrogen-bond donors (Lipinski definition) is 1. The number of nitrogens with zero attached hydrogens (tertiary/aromatic N) is 2. The fourth-order valence-electron chi connectivity index (χ4n) is 3.61. The van der Waals surface area contributed by atoms with Crippen molar-refractivity contribution in [3.05, 3.63) is 87.9 Å². The Balaban J connectivity index is 1.60. The molecule has 0 saturated heterocycles. The van der Waals surface area contributed by atoms with Crippen LogP contribution in [0.4, 0.5) is 5.69 Å². The summed E-state index contributed by atoms with van der Waals surface area (Å²) < 4.78 is 35.6. The van der Waals surface area contributed by atoms with Crippen molar-refractivity contribution in [1.82, 2.24) is 0 Å². The maximum absolute atomic E-state index is 13.2. The van der Waals surface area contributed by atoms with Crippen molar-refractivity contribution in [1.29, 1.82) is 0 Å². The van der Waals surface area contributed by atoms with E-state index in [1.807, 2.05) is 49.4 Å². The molecule has 0 aliphatic carbocycles. The molecule has 8 nitrogen and oxygen atoms in total. The molecule has 1 aliphatic heterocycles. The smallest absolute Gasteiger partial charge is 0.280 e. The summed E-state index contributed by atoms with van der Waals surface area (Å²) in [7, 11) is -3.83. The Kier molecular flexibility index (Phi) is 7.58. The number of carbonyl (C=O) groups excluding carboxylic acids is 1. The molecule has 0 atom stereocenters. The zero-order valence-electron chi connectivity index (χ0n) is 19.6. The van der Waals surface area contributed by atoms with Gasteiger partial charge in [-0.25, -0.2) is 13.6 Å². The van der Waals surface area contributed by atoms with Gasteiger partial charge in [0, 0.05) is 0 Å². The van der Waals surface area contributed by atoms with Crippen LogP contribution < -0.4 is 19.6 Å². The number of benzene rings is 3. The molecule has 0 fully saturated rings. The third kappa shape index (κ3) is 5.67. The zero-order valence-corrected chi connectivity index (χ0v) is 22.0. The van der Waals surface area contributed by atoms with Gasteiger partial charge >= 0.3 is 0 Å². The van der Waals surface area contributed by atoms with Crippen molar-refractivity contribution < 1.29 is 22.7 Å². The molecule has 0 unspecified atom stereocenters. The molecule has 0 radical (unpaired) electrons. The van der Waals surface area contributed by atoms with Crippen molar-refractivity contribution >= 4 is 49.3 Å². The monoisotopic (exact) mass is 569 g/mol. The molecule has 0 spiro atoms. The Morgan fingerprint density at radius 1 is 1.06 bits per heavy atom. The summed E-state index contributed by atoms with van der Waals surface area (Å²) >= 11 is 3.57. The third-order valence-corrected chi connectivity index (χ3v) is 6.86. The number of primary sulfonamides is 1. The van der Waals surface area contributed by atoms with Gasteiger partial charge in [-0.1, -0.05) is 30.3 Å². The Morgan fingerprint density at radius 3 is 2.39 bits per heavy atom. The highest BCUT2D eigenvalue weighted by molar-refractivity contribution is 9.10. The van der Waals surface area contributed by atoms with Crippen molar-refractivity contribution in [2.24, 2.45) is 10.2 Å². The number of nitrogens with two attached hydrogens (primary N) is 1. The molecule has 36 heavy (non-hydrogen) atoms. The molecule has 1 amide bonds. The van der Waals surface area contributed by atoms with E-state index in [4.69, 9.17) is 14.6 Å². The number of halogens is 1. The van der Waals surface area contributed by atoms with E-state index in [2.05, 4.69) is 21.0 Å². The lowest BCUT2D eigenvalue weighted by molar-refractivity contribution is -0.114. The van der Waals surface area contributed by atoms with E-state index in [1.165, 1.54) is 29.3 Å². The summed E-state index contributed by atoms with van der Waals surface area (Å²) in [5.74, 6) is 0.780. The molecule has 3 aromatic rings. The molecule has 0 bridgehead atoms. The van der Waals surface area contributed by atoms with Crippen LogP contribution in [-0.2, 0) is 21.4 Å². The van der Waals surface area contributed by atoms with E-state index in [0.717, 1.165) is 11.1 Å². The van der Waals surface area contributed by atoms with E-state index < -0.39 is 10.0 Å². The second-order valence-electron chi connectivity index (χ2n) is 7.94. The molecule has 186 valence electrons. The highest BCUT2D eigenvalue weighted by atomic mass is 79.9. The van der Waals surface area contributed by atoms with Crippen molar-refractivity contribution in [3.63, 3.8) is 0 Å². The largest absolute Gasteiger partial charge is 0.490 e. The Bertz CT molecular complexity index is 1450. The van der Waals surface area contributed by atoms with Crippen LogP contribution in [-0.4, -0.2) is 26.6 Å². The molecule has 4 rings (SSSR count). The molecule has 0 aromatic heterocycles. The van der Waals surface area contributed by atoms with Gasteiger partial charge in [-0.3, -0.25) is 4.79 Å². The lowest BCUT2D eigenvalue weighted by Gasteiger charge is -2.15. The predicted octanol–water partition coefficient (Wildman–Crippen LogP) is 4.88. The number of hydrazone groups is 1. The van der Waals surface area contributed by atoms with E-state index in [1.54, 1.807) is 13.0 Å². The van der Waals surface area contributed by atoms with E-state index in [-0.39, 0.29) is 10.8 Å². The summed E-state index contributed by atoms with van der Waals surface area (Å²) in [6.07, 6.45) is 1.73. The number of ether oxygens (including phenoxy) is 2. The molecule has 3 aromatic carbocycles. The summed E-state index contributed by atoms with van der Waals surface area (Å²) in [5, 5.41) is 10.7. The van der Waals surface area contributed by atoms with Crippen molar-refractivity contribution in [3.8, 4) is 11.5 Å². The minimum absolute atomic E-state index is 0.0442. The van der Waals surface area contributed by atoms with Gasteiger partial charge in [-0.2, -0.15) is 10.1 Å². The van der Waals surface area contributed by atoms with Crippen molar-refractivity contribution in [2.75, 3.05) is 11.6 Å². The Hall–Kier alpha value is -3.47. The predicted molar refractivity (Wildman–Crippen MR) is 142 cm³/mol. The number of hydrogen-bond acceptors (Lipinski definition) is 6.